The molecule has 2 aliphatic heterocycles. The van der Waals surface area contributed by atoms with Gasteiger partial charge in [-0.15, -0.1) is 0 Å². The maximum absolute atomic E-state index is 11.8. The molecule has 2 rings (SSSR count). The van der Waals surface area contributed by atoms with Crippen molar-refractivity contribution < 1.29 is 14.6 Å². The van der Waals surface area contributed by atoms with Crippen molar-refractivity contribution in [3.05, 3.63) is 0 Å². The molecule has 0 bridgehead atoms. The zero-order valence-corrected chi connectivity index (χ0v) is 11.2. The lowest BCUT2D eigenvalue weighted by Crippen LogP contribution is -2.63. The van der Waals surface area contributed by atoms with Crippen LogP contribution in [-0.4, -0.2) is 60.4 Å². The number of carboxylic acids is 1. The fraction of sp³-hybridized carbons (Fsp3) is 0.923. The summed E-state index contributed by atoms with van der Waals surface area (Å²) in [5.74, 6) is -0.672. The van der Waals surface area contributed by atoms with Gasteiger partial charge in [0, 0.05) is 39.2 Å². The van der Waals surface area contributed by atoms with Gasteiger partial charge in [-0.3, -0.25) is 9.69 Å². The van der Waals surface area contributed by atoms with E-state index in [0.717, 1.165) is 39.0 Å². The van der Waals surface area contributed by atoms with Crippen LogP contribution in [0, 0.1) is 0 Å². The van der Waals surface area contributed by atoms with E-state index in [-0.39, 0.29) is 6.10 Å². The molecule has 2 fully saturated rings. The molecule has 2 saturated heterocycles. The van der Waals surface area contributed by atoms with Crippen LogP contribution in [0.15, 0.2) is 0 Å². The summed E-state index contributed by atoms with van der Waals surface area (Å²) in [6.07, 6.45) is 3.36. The highest BCUT2D eigenvalue weighted by Gasteiger charge is 2.48. The predicted molar refractivity (Wildman–Crippen MR) is 68.7 cm³/mol. The van der Waals surface area contributed by atoms with Gasteiger partial charge in [0.25, 0.3) is 0 Å². The van der Waals surface area contributed by atoms with Crippen LogP contribution < -0.4 is 5.32 Å². The third-order valence-corrected chi connectivity index (χ3v) is 4.17. The second kappa shape index (κ2) is 5.99. The van der Waals surface area contributed by atoms with Gasteiger partial charge in [0.15, 0.2) is 0 Å². The standard InChI is InChI=1S/C13H24N2O3/c1-2-3-11-10-13(12(16)17,4-9-18-11)15-7-5-14-6-8-15/h11,14H,2-10H2,1H3,(H,16,17). The van der Waals surface area contributed by atoms with Crippen LogP contribution in [0.4, 0.5) is 0 Å². The largest absolute Gasteiger partial charge is 0.480 e. The van der Waals surface area contributed by atoms with Crippen molar-refractivity contribution >= 4 is 5.97 Å². The van der Waals surface area contributed by atoms with Gasteiger partial charge in [-0.1, -0.05) is 13.3 Å². The van der Waals surface area contributed by atoms with Gasteiger partial charge in [-0.05, 0) is 12.8 Å². The van der Waals surface area contributed by atoms with Crippen LogP contribution in [0.2, 0.25) is 0 Å². The van der Waals surface area contributed by atoms with Gasteiger partial charge in [0.2, 0.25) is 0 Å². The Labute approximate surface area is 108 Å². The number of piperazine rings is 1. The fourth-order valence-electron chi connectivity index (χ4n) is 3.15. The zero-order valence-electron chi connectivity index (χ0n) is 11.2. The number of hydrogen-bond acceptors (Lipinski definition) is 4. The molecule has 0 radical (unpaired) electrons. The first-order chi connectivity index (χ1) is 8.69. The van der Waals surface area contributed by atoms with Crippen molar-refractivity contribution in [2.24, 2.45) is 0 Å². The molecule has 2 atom stereocenters. The second-order valence-electron chi connectivity index (χ2n) is 5.31. The minimum absolute atomic E-state index is 0.106. The van der Waals surface area contributed by atoms with Crippen molar-refractivity contribution in [3.8, 4) is 0 Å². The van der Waals surface area contributed by atoms with Gasteiger partial charge in [0.1, 0.15) is 5.54 Å². The minimum atomic E-state index is -0.694. The number of aliphatic carboxylic acids is 1. The van der Waals surface area contributed by atoms with Crippen LogP contribution >= 0.6 is 0 Å². The van der Waals surface area contributed by atoms with Crippen molar-refractivity contribution in [1.29, 1.82) is 0 Å². The van der Waals surface area contributed by atoms with Crippen LogP contribution in [0.5, 0.6) is 0 Å². The van der Waals surface area contributed by atoms with Crippen molar-refractivity contribution in [1.82, 2.24) is 10.2 Å². The average molecular weight is 256 g/mol. The van der Waals surface area contributed by atoms with Crippen LogP contribution in [0.3, 0.4) is 0 Å². The lowest BCUT2D eigenvalue weighted by Gasteiger charge is -2.47. The van der Waals surface area contributed by atoms with E-state index in [1.165, 1.54) is 0 Å². The van der Waals surface area contributed by atoms with Crippen LogP contribution in [0.25, 0.3) is 0 Å². The van der Waals surface area contributed by atoms with E-state index in [4.69, 9.17) is 4.74 Å². The summed E-state index contributed by atoms with van der Waals surface area (Å²) in [5, 5.41) is 13.0. The molecule has 5 heteroatoms. The first-order valence-corrected chi connectivity index (χ1v) is 7.00. The summed E-state index contributed by atoms with van der Waals surface area (Å²) in [6, 6.07) is 0. The fourth-order valence-corrected chi connectivity index (χ4v) is 3.15. The number of carboxylic acid groups (broad SMARTS) is 1. The second-order valence-corrected chi connectivity index (χ2v) is 5.31. The lowest BCUT2D eigenvalue weighted by molar-refractivity contribution is -0.164. The number of nitrogens with one attached hydrogen (secondary N) is 1. The molecule has 0 spiro atoms. The van der Waals surface area contributed by atoms with E-state index in [0.29, 0.717) is 19.4 Å². The number of ether oxygens (including phenoxy) is 1. The summed E-state index contributed by atoms with van der Waals surface area (Å²) in [5.41, 5.74) is -0.694. The molecule has 0 aromatic rings. The van der Waals surface area contributed by atoms with Crippen molar-refractivity contribution in [3.63, 3.8) is 0 Å². The van der Waals surface area contributed by atoms with E-state index in [2.05, 4.69) is 17.1 Å². The molecule has 0 aromatic heterocycles. The molecule has 0 aromatic carbocycles. The van der Waals surface area contributed by atoms with Crippen LogP contribution in [0.1, 0.15) is 32.6 Å². The summed E-state index contributed by atoms with van der Waals surface area (Å²) >= 11 is 0. The smallest absolute Gasteiger partial charge is 0.324 e. The van der Waals surface area contributed by atoms with Gasteiger partial charge >= 0.3 is 5.97 Å². The molecule has 0 saturated carbocycles. The maximum atomic E-state index is 11.8. The van der Waals surface area contributed by atoms with E-state index in [1.807, 2.05) is 0 Å². The topological polar surface area (TPSA) is 61.8 Å². The summed E-state index contributed by atoms with van der Waals surface area (Å²) < 4.78 is 5.71. The predicted octanol–water partition coefficient (Wildman–Crippen LogP) is 0.694. The molecular weight excluding hydrogens is 232 g/mol. The Kier molecular flexibility index (Phi) is 4.59. The van der Waals surface area contributed by atoms with Gasteiger partial charge in [-0.2, -0.15) is 0 Å². The molecule has 2 N–H and O–H groups in total. The molecule has 0 aliphatic carbocycles. The number of nitrogens with zero attached hydrogens (tertiary/aromatic N) is 1. The highest BCUT2D eigenvalue weighted by Crippen LogP contribution is 2.33. The first kappa shape index (κ1) is 13.8. The monoisotopic (exact) mass is 256 g/mol. The Balaban J connectivity index is 2.12. The third-order valence-electron chi connectivity index (χ3n) is 4.17. The SMILES string of the molecule is CCCC1CC(C(=O)O)(N2CCNCC2)CCO1. The molecule has 104 valence electrons. The minimum Gasteiger partial charge on any atom is -0.480 e. The zero-order chi connectivity index (χ0) is 13.0. The molecular formula is C13H24N2O3. The highest BCUT2D eigenvalue weighted by molar-refractivity contribution is 5.79. The van der Waals surface area contributed by atoms with Crippen LogP contribution in [-0.2, 0) is 9.53 Å². The van der Waals surface area contributed by atoms with Gasteiger partial charge in [-0.25, -0.2) is 0 Å². The molecule has 18 heavy (non-hydrogen) atoms. The molecule has 2 heterocycles. The number of carbonyl (C=O) groups is 1. The molecule has 2 aliphatic rings. The Bertz CT molecular complexity index is 290. The molecule has 2 unspecified atom stereocenters. The summed E-state index contributed by atoms with van der Waals surface area (Å²) in [6.45, 7) is 6.10. The number of hydrogen-bond donors (Lipinski definition) is 2. The quantitative estimate of drug-likeness (QED) is 0.775. The first-order valence-electron chi connectivity index (χ1n) is 7.00. The summed E-state index contributed by atoms with van der Waals surface area (Å²) in [7, 11) is 0. The average Bonchev–Trinajstić information content (AvgIpc) is 2.40. The third kappa shape index (κ3) is 2.68. The van der Waals surface area contributed by atoms with Crippen molar-refractivity contribution in [2.45, 2.75) is 44.2 Å². The Morgan fingerprint density at radius 3 is 2.83 bits per heavy atom. The normalized spacial score (nSPS) is 34.4. The van der Waals surface area contributed by atoms with E-state index < -0.39 is 11.5 Å². The lowest BCUT2D eigenvalue weighted by atomic mass is 9.83. The number of rotatable bonds is 4. The molecule has 0 amide bonds. The van der Waals surface area contributed by atoms with E-state index >= 15 is 0 Å². The van der Waals surface area contributed by atoms with E-state index in [1.54, 1.807) is 0 Å². The van der Waals surface area contributed by atoms with Gasteiger partial charge in [0.05, 0.1) is 6.10 Å². The molecule has 5 nitrogen and oxygen atoms in total. The maximum Gasteiger partial charge on any atom is 0.324 e. The Morgan fingerprint density at radius 2 is 2.22 bits per heavy atom. The van der Waals surface area contributed by atoms with E-state index in [9.17, 15) is 9.90 Å². The summed E-state index contributed by atoms with van der Waals surface area (Å²) in [4.78, 5) is 14.0. The Morgan fingerprint density at radius 1 is 1.50 bits per heavy atom. The Hall–Kier alpha value is -0.650. The van der Waals surface area contributed by atoms with Gasteiger partial charge < -0.3 is 15.2 Å². The highest BCUT2D eigenvalue weighted by atomic mass is 16.5. The van der Waals surface area contributed by atoms with Crippen molar-refractivity contribution in [2.75, 3.05) is 32.8 Å².